The van der Waals surface area contributed by atoms with Crippen LogP contribution in [0.5, 0.6) is 11.5 Å². The van der Waals surface area contributed by atoms with E-state index in [9.17, 15) is 13.2 Å². The van der Waals surface area contributed by atoms with Crippen molar-refractivity contribution in [3.8, 4) is 11.5 Å². The Labute approximate surface area is 143 Å². The van der Waals surface area contributed by atoms with E-state index in [4.69, 9.17) is 9.47 Å². The molecule has 0 saturated carbocycles. The van der Waals surface area contributed by atoms with Gasteiger partial charge in [0.15, 0.2) is 21.3 Å². The number of sulfone groups is 1. The number of benzene rings is 1. The molecule has 1 aliphatic heterocycles. The number of carbonyl (C=O) groups excluding carboxylic acids is 1. The molecule has 0 spiro atoms. The molecule has 1 atom stereocenters. The lowest BCUT2D eigenvalue weighted by Gasteiger charge is -2.21. The number of nitrogens with zero attached hydrogens (tertiary/aromatic N) is 1. The smallest absolute Gasteiger partial charge is 0.246 e. The van der Waals surface area contributed by atoms with Crippen LogP contribution in [0.2, 0.25) is 0 Å². The molecule has 132 valence electrons. The third-order valence-electron chi connectivity index (χ3n) is 4.01. The van der Waals surface area contributed by atoms with Crippen molar-refractivity contribution in [1.82, 2.24) is 4.90 Å². The van der Waals surface area contributed by atoms with Gasteiger partial charge in [-0.1, -0.05) is 6.07 Å². The van der Waals surface area contributed by atoms with E-state index in [1.165, 1.54) is 11.0 Å². The summed E-state index contributed by atoms with van der Waals surface area (Å²) in [5.41, 5.74) is 0.802. The molecule has 1 aliphatic rings. The molecule has 0 aromatic heterocycles. The molecule has 1 fully saturated rings. The number of rotatable bonds is 6. The number of hydrogen-bond donors (Lipinski definition) is 0. The molecule has 0 N–H and O–H groups in total. The highest BCUT2D eigenvalue weighted by atomic mass is 32.2. The van der Waals surface area contributed by atoms with Crippen molar-refractivity contribution >= 4 is 21.8 Å². The van der Waals surface area contributed by atoms with Crippen LogP contribution in [0, 0.1) is 0 Å². The van der Waals surface area contributed by atoms with Gasteiger partial charge in [0.05, 0.1) is 25.2 Å². The lowest BCUT2D eigenvalue weighted by Crippen LogP contribution is -2.36. The summed E-state index contributed by atoms with van der Waals surface area (Å²) in [7, 11) is 0.187. The molecule has 1 amide bonds. The first kappa shape index (κ1) is 18.3. The largest absolute Gasteiger partial charge is 0.493 e. The van der Waals surface area contributed by atoms with Gasteiger partial charge in [-0.15, -0.1) is 0 Å². The Morgan fingerprint density at radius 2 is 2.12 bits per heavy atom. The van der Waals surface area contributed by atoms with Crippen LogP contribution in [0.25, 0.3) is 6.08 Å². The van der Waals surface area contributed by atoms with Crippen molar-refractivity contribution in [2.75, 3.05) is 32.3 Å². The second-order valence-corrected chi connectivity index (χ2v) is 7.91. The molecule has 0 radical (unpaired) electrons. The van der Waals surface area contributed by atoms with Gasteiger partial charge in [0.1, 0.15) is 0 Å². The first-order valence-corrected chi connectivity index (χ1v) is 9.64. The molecule has 7 heteroatoms. The van der Waals surface area contributed by atoms with Gasteiger partial charge in [0.2, 0.25) is 5.91 Å². The Balaban J connectivity index is 2.05. The van der Waals surface area contributed by atoms with Crippen LogP contribution < -0.4 is 9.47 Å². The summed E-state index contributed by atoms with van der Waals surface area (Å²) in [5, 5.41) is 0. The molecule has 24 heavy (non-hydrogen) atoms. The van der Waals surface area contributed by atoms with E-state index >= 15 is 0 Å². The normalized spacial score (nSPS) is 19.4. The molecular formula is C17H23NO5S. The zero-order chi connectivity index (χ0) is 17.7. The molecule has 1 aromatic rings. The van der Waals surface area contributed by atoms with Crippen LogP contribution in [0.1, 0.15) is 18.9 Å². The van der Waals surface area contributed by atoms with Gasteiger partial charge >= 0.3 is 0 Å². The maximum Gasteiger partial charge on any atom is 0.246 e. The highest BCUT2D eigenvalue weighted by Gasteiger charge is 2.31. The van der Waals surface area contributed by atoms with Gasteiger partial charge in [0.25, 0.3) is 0 Å². The van der Waals surface area contributed by atoms with E-state index in [-0.39, 0.29) is 23.5 Å². The fourth-order valence-corrected chi connectivity index (χ4v) is 4.38. The molecule has 0 bridgehead atoms. The predicted molar refractivity (Wildman–Crippen MR) is 93.0 cm³/mol. The standard InChI is InChI=1S/C17H23NO5S/c1-4-23-15-7-5-13(11-16(15)22-3)6-8-17(19)18(2)14-9-10-24(20,21)12-14/h5-8,11,14H,4,9-10,12H2,1-3H3/b8-6+/t14-/m1/s1. The third kappa shape index (κ3) is 4.50. The monoisotopic (exact) mass is 353 g/mol. The number of ether oxygens (including phenoxy) is 2. The molecular weight excluding hydrogens is 330 g/mol. The van der Waals surface area contributed by atoms with Gasteiger partial charge in [0, 0.05) is 19.2 Å². The van der Waals surface area contributed by atoms with Crippen LogP contribution in [-0.2, 0) is 14.6 Å². The van der Waals surface area contributed by atoms with E-state index in [1.54, 1.807) is 32.4 Å². The maximum absolute atomic E-state index is 12.2. The number of hydrogen-bond acceptors (Lipinski definition) is 5. The summed E-state index contributed by atoms with van der Waals surface area (Å²) in [5.74, 6) is 1.22. The Morgan fingerprint density at radius 3 is 2.71 bits per heavy atom. The third-order valence-corrected chi connectivity index (χ3v) is 5.76. The number of carbonyl (C=O) groups is 1. The Bertz CT molecular complexity index is 726. The highest BCUT2D eigenvalue weighted by Crippen LogP contribution is 2.28. The molecule has 1 aromatic carbocycles. The zero-order valence-corrected chi connectivity index (χ0v) is 15.0. The average molecular weight is 353 g/mol. The minimum atomic E-state index is -3.01. The average Bonchev–Trinajstić information content (AvgIpc) is 2.93. The first-order chi connectivity index (χ1) is 11.4. The molecule has 0 unspecified atom stereocenters. The van der Waals surface area contributed by atoms with Crippen molar-refractivity contribution < 1.29 is 22.7 Å². The summed E-state index contributed by atoms with van der Waals surface area (Å²) >= 11 is 0. The van der Waals surface area contributed by atoms with Gasteiger partial charge in [-0.3, -0.25) is 4.79 Å². The van der Waals surface area contributed by atoms with Gasteiger partial charge in [-0.25, -0.2) is 8.42 Å². The van der Waals surface area contributed by atoms with Crippen LogP contribution in [-0.4, -0.2) is 57.5 Å². The second kappa shape index (κ2) is 7.70. The Hall–Kier alpha value is -2.02. The maximum atomic E-state index is 12.2. The van der Waals surface area contributed by atoms with Gasteiger partial charge in [-0.2, -0.15) is 0 Å². The molecule has 1 saturated heterocycles. The summed E-state index contributed by atoms with van der Waals surface area (Å²) < 4.78 is 33.8. The summed E-state index contributed by atoms with van der Waals surface area (Å²) in [6.45, 7) is 2.43. The number of amides is 1. The molecule has 2 rings (SSSR count). The SMILES string of the molecule is CCOc1ccc(/C=C/C(=O)N(C)[C@@H]2CCS(=O)(=O)C2)cc1OC. The Morgan fingerprint density at radius 1 is 1.38 bits per heavy atom. The van der Waals surface area contributed by atoms with E-state index in [0.717, 1.165) is 5.56 Å². The van der Waals surface area contributed by atoms with Gasteiger partial charge < -0.3 is 14.4 Å². The summed E-state index contributed by atoms with van der Waals surface area (Å²) in [6.07, 6.45) is 3.62. The fraction of sp³-hybridized carbons (Fsp3) is 0.471. The number of likely N-dealkylation sites (N-methyl/N-ethyl adjacent to an activating group) is 1. The van der Waals surface area contributed by atoms with Crippen LogP contribution >= 0.6 is 0 Å². The van der Waals surface area contributed by atoms with Gasteiger partial charge in [-0.05, 0) is 37.1 Å². The predicted octanol–water partition coefficient (Wildman–Crippen LogP) is 1.75. The quantitative estimate of drug-likeness (QED) is 0.729. The first-order valence-electron chi connectivity index (χ1n) is 7.82. The van der Waals surface area contributed by atoms with Crippen molar-refractivity contribution in [2.24, 2.45) is 0 Å². The minimum Gasteiger partial charge on any atom is -0.493 e. The van der Waals surface area contributed by atoms with Crippen molar-refractivity contribution in [3.05, 3.63) is 29.8 Å². The lowest BCUT2D eigenvalue weighted by molar-refractivity contribution is -0.126. The second-order valence-electron chi connectivity index (χ2n) is 5.68. The van der Waals surface area contributed by atoms with Crippen molar-refractivity contribution in [1.29, 1.82) is 0 Å². The minimum absolute atomic E-state index is 0.0416. The molecule has 1 heterocycles. The van der Waals surface area contributed by atoms with Crippen LogP contribution in [0.4, 0.5) is 0 Å². The van der Waals surface area contributed by atoms with Crippen molar-refractivity contribution in [3.63, 3.8) is 0 Å². The van der Waals surface area contributed by atoms with Crippen LogP contribution in [0.15, 0.2) is 24.3 Å². The van der Waals surface area contributed by atoms with E-state index < -0.39 is 9.84 Å². The van der Waals surface area contributed by atoms with E-state index in [1.807, 2.05) is 13.0 Å². The van der Waals surface area contributed by atoms with Crippen LogP contribution in [0.3, 0.4) is 0 Å². The number of methoxy groups -OCH3 is 1. The molecule has 0 aliphatic carbocycles. The highest BCUT2D eigenvalue weighted by molar-refractivity contribution is 7.91. The fourth-order valence-electron chi connectivity index (χ4n) is 2.61. The Kier molecular flexibility index (Phi) is 5.88. The summed E-state index contributed by atoms with van der Waals surface area (Å²) in [6, 6.07) is 5.16. The zero-order valence-electron chi connectivity index (χ0n) is 14.2. The lowest BCUT2D eigenvalue weighted by atomic mass is 10.1. The molecule has 6 nitrogen and oxygen atoms in total. The van der Waals surface area contributed by atoms with Crippen molar-refractivity contribution in [2.45, 2.75) is 19.4 Å². The van der Waals surface area contributed by atoms with E-state index in [0.29, 0.717) is 24.5 Å². The van der Waals surface area contributed by atoms with E-state index in [2.05, 4.69) is 0 Å². The summed E-state index contributed by atoms with van der Waals surface area (Å²) in [4.78, 5) is 13.7. The topological polar surface area (TPSA) is 72.9 Å².